The number of nitrogens with zero attached hydrogens (tertiary/aromatic N) is 5. The number of anilines is 4. The zero-order chi connectivity index (χ0) is 20.0. The zero-order valence-electron chi connectivity index (χ0n) is 15.9. The molecule has 0 atom stereocenters. The van der Waals surface area contributed by atoms with E-state index >= 15 is 4.39 Å². The van der Waals surface area contributed by atoms with E-state index in [1.165, 1.54) is 4.90 Å². The second kappa shape index (κ2) is 7.05. The van der Waals surface area contributed by atoms with Crippen molar-refractivity contribution in [3.8, 4) is 0 Å². The third-order valence-corrected chi connectivity index (χ3v) is 5.55. The SMILES string of the molecule is Fc1c(Nc2cc(C3CC3)[nH]n2)nc(N2CCC(F)(F)C2)nc1N1CCNCC1. The van der Waals surface area contributed by atoms with Gasteiger partial charge < -0.3 is 20.4 Å². The van der Waals surface area contributed by atoms with Crippen LogP contribution < -0.4 is 20.4 Å². The van der Waals surface area contributed by atoms with E-state index in [4.69, 9.17) is 0 Å². The molecule has 0 spiro atoms. The van der Waals surface area contributed by atoms with Crippen molar-refractivity contribution in [2.45, 2.75) is 31.1 Å². The first-order chi connectivity index (χ1) is 14.0. The maximum Gasteiger partial charge on any atom is 0.267 e. The molecule has 0 amide bonds. The summed E-state index contributed by atoms with van der Waals surface area (Å²) in [7, 11) is 0. The molecule has 3 fully saturated rings. The summed E-state index contributed by atoms with van der Waals surface area (Å²) in [6, 6.07) is 1.84. The summed E-state index contributed by atoms with van der Waals surface area (Å²) in [5.41, 5.74) is 1.00. The summed E-state index contributed by atoms with van der Waals surface area (Å²) >= 11 is 0. The Hall–Kier alpha value is -2.56. The monoisotopic (exact) mass is 408 g/mol. The molecular weight excluding hydrogens is 385 g/mol. The third kappa shape index (κ3) is 3.83. The van der Waals surface area contributed by atoms with Gasteiger partial charge in [0.05, 0.1) is 6.54 Å². The lowest BCUT2D eigenvalue weighted by molar-refractivity contribution is 0.0256. The van der Waals surface area contributed by atoms with Crippen LogP contribution in [0.25, 0.3) is 0 Å². The lowest BCUT2D eigenvalue weighted by Gasteiger charge is -2.30. The van der Waals surface area contributed by atoms with Gasteiger partial charge in [-0.1, -0.05) is 0 Å². The van der Waals surface area contributed by atoms with Crippen molar-refractivity contribution in [2.24, 2.45) is 0 Å². The second-order valence-electron chi connectivity index (χ2n) is 7.88. The molecule has 2 aliphatic heterocycles. The van der Waals surface area contributed by atoms with Gasteiger partial charge in [0.15, 0.2) is 17.5 Å². The van der Waals surface area contributed by atoms with Gasteiger partial charge >= 0.3 is 0 Å². The van der Waals surface area contributed by atoms with Gasteiger partial charge in [-0.15, -0.1) is 0 Å². The Labute approximate surface area is 165 Å². The quantitative estimate of drug-likeness (QED) is 0.700. The van der Waals surface area contributed by atoms with Crippen LogP contribution in [0.5, 0.6) is 0 Å². The number of piperazine rings is 1. The predicted molar refractivity (Wildman–Crippen MR) is 103 cm³/mol. The molecule has 2 aromatic heterocycles. The molecule has 8 nitrogen and oxygen atoms in total. The number of hydrogen-bond acceptors (Lipinski definition) is 7. The van der Waals surface area contributed by atoms with Crippen molar-refractivity contribution in [3.63, 3.8) is 0 Å². The first-order valence-electron chi connectivity index (χ1n) is 9.97. The van der Waals surface area contributed by atoms with Gasteiger partial charge in [0.1, 0.15) is 0 Å². The molecule has 3 aliphatic rings. The number of H-pyrrole nitrogens is 1. The Balaban J connectivity index is 1.48. The first kappa shape index (κ1) is 18.5. The van der Waals surface area contributed by atoms with Crippen molar-refractivity contribution in [3.05, 3.63) is 17.6 Å². The minimum Gasteiger partial charge on any atom is -0.351 e. The lowest BCUT2D eigenvalue weighted by atomic mass is 10.3. The molecular formula is C18H23F3N8. The number of aromatic amines is 1. The topological polar surface area (TPSA) is 85.0 Å². The van der Waals surface area contributed by atoms with E-state index in [0.29, 0.717) is 37.9 Å². The Morgan fingerprint density at radius 1 is 1.10 bits per heavy atom. The van der Waals surface area contributed by atoms with E-state index in [2.05, 4.69) is 30.8 Å². The maximum absolute atomic E-state index is 15.3. The number of halogens is 3. The van der Waals surface area contributed by atoms with Gasteiger partial charge in [0, 0.05) is 56.8 Å². The Bertz CT molecular complexity index is 891. The van der Waals surface area contributed by atoms with Crippen molar-refractivity contribution < 1.29 is 13.2 Å². The van der Waals surface area contributed by atoms with Crippen LogP contribution in [0.15, 0.2) is 6.07 Å². The number of alkyl halides is 2. The summed E-state index contributed by atoms with van der Waals surface area (Å²) < 4.78 is 42.7. The maximum atomic E-state index is 15.3. The molecule has 5 rings (SSSR count). The lowest BCUT2D eigenvalue weighted by Crippen LogP contribution is -2.44. The van der Waals surface area contributed by atoms with Crippen molar-refractivity contribution in [2.75, 3.05) is 54.4 Å². The van der Waals surface area contributed by atoms with Crippen molar-refractivity contribution >= 4 is 23.4 Å². The van der Waals surface area contributed by atoms with E-state index in [9.17, 15) is 8.78 Å². The van der Waals surface area contributed by atoms with Gasteiger partial charge in [-0.2, -0.15) is 19.5 Å². The molecule has 0 aromatic carbocycles. The molecule has 0 unspecified atom stereocenters. The third-order valence-electron chi connectivity index (χ3n) is 5.55. The molecule has 2 saturated heterocycles. The molecule has 2 aromatic rings. The Kier molecular flexibility index (Phi) is 4.49. The first-order valence-corrected chi connectivity index (χ1v) is 9.97. The van der Waals surface area contributed by atoms with Crippen LogP contribution in [-0.4, -0.2) is 65.4 Å². The summed E-state index contributed by atoms with van der Waals surface area (Å²) in [5, 5.41) is 13.3. The van der Waals surface area contributed by atoms with E-state index < -0.39 is 18.3 Å². The van der Waals surface area contributed by atoms with Crippen LogP contribution in [0.3, 0.4) is 0 Å². The predicted octanol–water partition coefficient (Wildman–Crippen LogP) is 2.21. The minimum atomic E-state index is -2.79. The molecule has 29 heavy (non-hydrogen) atoms. The summed E-state index contributed by atoms with van der Waals surface area (Å²) in [4.78, 5) is 11.8. The highest BCUT2D eigenvalue weighted by Gasteiger charge is 2.40. The molecule has 11 heteroatoms. The summed E-state index contributed by atoms with van der Waals surface area (Å²) in [6.07, 6.45) is 1.97. The number of hydrogen-bond donors (Lipinski definition) is 3. The fraction of sp³-hybridized carbons (Fsp3) is 0.611. The molecule has 156 valence electrons. The standard InChI is InChI=1S/C18H23F3N8/c19-14-15(23-13-9-12(26-27-13)11-1-2-11)24-17(29-6-3-18(20,21)10-29)25-16(14)28-7-4-22-5-8-28/h9,11,22H,1-8,10H2,(H2,23,24,25,26,27). The Morgan fingerprint density at radius 2 is 1.90 bits per heavy atom. The van der Waals surface area contributed by atoms with Crippen LogP contribution >= 0.6 is 0 Å². The fourth-order valence-electron chi connectivity index (χ4n) is 3.77. The van der Waals surface area contributed by atoms with E-state index in [-0.39, 0.29) is 30.5 Å². The molecule has 3 N–H and O–H groups in total. The van der Waals surface area contributed by atoms with Crippen LogP contribution in [-0.2, 0) is 0 Å². The largest absolute Gasteiger partial charge is 0.351 e. The van der Waals surface area contributed by atoms with E-state index in [1.807, 2.05) is 11.0 Å². The highest BCUT2D eigenvalue weighted by molar-refractivity contribution is 5.62. The van der Waals surface area contributed by atoms with Gasteiger partial charge in [-0.05, 0) is 12.8 Å². The number of aromatic nitrogens is 4. The highest BCUT2D eigenvalue weighted by Crippen LogP contribution is 2.40. The molecule has 0 bridgehead atoms. The van der Waals surface area contributed by atoms with Crippen LogP contribution in [0.1, 0.15) is 30.9 Å². The van der Waals surface area contributed by atoms with Crippen molar-refractivity contribution in [1.82, 2.24) is 25.5 Å². The van der Waals surface area contributed by atoms with Crippen LogP contribution in [0, 0.1) is 5.82 Å². The highest BCUT2D eigenvalue weighted by atomic mass is 19.3. The normalized spacial score (nSPS) is 21.6. The zero-order valence-corrected chi connectivity index (χ0v) is 15.9. The van der Waals surface area contributed by atoms with E-state index in [0.717, 1.165) is 18.5 Å². The Morgan fingerprint density at radius 3 is 2.59 bits per heavy atom. The van der Waals surface area contributed by atoms with E-state index in [1.54, 1.807) is 0 Å². The average Bonchev–Trinajstić information content (AvgIpc) is 3.35. The smallest absolute Gasteiger partial charge is 0.267 e. The minimum absolute atomic E-state index is 0.0485. The number of nitrogens with one attached hydrogen (secondary N) is 3. The summed E-state index contributed by atoms with van der Waals surface area (Å²) in [5.74, 6) is -2.27. The van der Waals surface area contributed by atoms with Gasteiger partial charge in [-0.25, -0.2) is 8.78 Å². The molecule has 1 aliphatic carbocycles. The average molecular weight is 408 g/mol. The molecule has 0 radical (unpaired) electrons. The van der Waals surface area contributed by atoms with Crippen LogP contribution in [0.4, 0.5) is 36.6 Å². The van der Waals surface area contributed by atoms with Gasteiger partial charge in [0.2, 0.25) is 11.8 Å². The van der Waals surface area contributed by atoms with Crippen LogP contribution in [0.2, 0.25) is 0 Å². The summed E-state index contributed by atoms with van der Waals surface area (Å²) in [6.45, 7) is 2.23. The molecule has 4 heterocycles. The van der Waals surface area contributed by atoms with Crippen molar-refractivity contribution in [1.29, 1.82) is 0 Å². The van der Waals surface area contributed by atoms with Gasteiger partial charge in [-0.3, -0.25) is 5.10 Å². The number of rotatable bonds is 5. The fourth-order valence-corrected chi connectivity index (χ4v) is 3.77. The second-order valence-corrected chi connectivity index (χ2v) is 7.88. The van der Waals surface area contributed by atoms with Gasteiger partial charge in [0.25, 0.3) is 5.92 Å². The molecule has 1 saturated carbocycles.